The largest absolute Gasteiger partial charge is 0.378 e. The fourth-order valence-electron chi connectivity index (χ4n) is 2.26. The van der Waals surface area contributed by atoms with Crippen LogP contribution < -0.4 is 4.90 Å². The summed E-state index contributed by atoms with van der Waals surface area (Å²) >= 11 is 0. The third kappa shape index (κ3) is 2.73. The summed E-state index contributed by atoms with van der Waals surface area (Å²) < 4.78 is 7.43. The van der Waals surface area contributed by atoms with Crippen molar-refractivity contribution in [2.45, 2.75) is 20.4 Å². The van der Waals surface area contributed by atoms with Gasteiger partial charge >= 0.3 is 0 Å². The number of hydrogen-bond acceptors (Lipinski definition) is 4. The van der Waals surface area contributed by atoms with Gasteiger partial charge in [-0.1, -0.05) is 0 Å². The SMILES string of the molecule is CCN(C)c1c(C(=N)N2CCOCC2)ncn1CC. The number of anilines is 1. The minimum atomic E-state index is 0.505. The van der Waals surface area contributed by atoms with Crippen molar-refractivity contribution < 1.29 is 4.74 Å². The monoisotopic (exact) mass is 265 g/mol. The van der Waals surface area contributed by atoms with E-state index in [1.165, 1.54) is 0 Å². The van der Waals surface area contributed by atoms with Crippen LogP contribution in [0.1, 0.15) is 19.5 Å². The van der Waals surface area contributed by atoms with Gasteiger partial charge in [0.15, 0.2) is 5.84 Å². The summed E-state index contributed by atoms with van der Waals surface area (Å²) in [4.78, 5) is 8.63. The molecule has 106 valence electrons. The molecule has 1 aromatic rings. The standard InChI is InChI=1S/C13H23N5O/c1-4-16(3)13-11(15-10-17(13)5-2)12(14)18-6-8-19-9-7-18/h10,14H,4-9H2,1-3H3. The molecule has 1 aromatic heterocycles. The summed E-state index contributed by atoms with van der Waals surface area (Å²) in [5.41, 5.74) is 0.771. The number of ether oxygens (including phenoxy) is 1. The summed E-state index contributed by atoms with van der Waals surface area (Å²) in [6.07, 6.45) is 1.83. The van der Waals surface area contributed by atoms with Gasteiger partial charge in [0.25, 0.3) is 0 Å². The molecule has 0 unspecified atom stereocenters. The molecule has 0 spiro atoms. The maximum atomic E-state index is 8.39. The van der Waals surface area contributed by atoms with Crippen LogP contribution in [0.15, 0.2) is 6.33 Å². The molecular formula is C13H23N5O. The van der Waals surface area contributed by atoms with Crippen LogP contribution >= 0.6 is 0 Å². The summed E-state index contributed by atoms with van der Waals surface area (Å²) in [7, 11) is 2.04. The lowest BCUT2D eigenvalue weighted by Crippen LogP contribution is -2.41. The zero-order valence-corrected chi connectivity index (χ0v) is 12.0. The van der Waals surface area contributed by atoms with Gasteiger partial charge in [0.1, 0.15) is 11.5 Å². The van der Waals surface area contributed by atoms with Crippen molar-refractivity contribution in [1.29, 1.82) is 5.41 Å². The van der Waals surface area contributed by atoms with Crippen LogP contribution in [0.25, 0.3) is 0 Å². The molecule has 1 aliphatic rings. The highest BCUT2D eigenvalue weighted by Crippen LogP contribution is 2.20. The molecule has 0 amide bonds. The van der Waals surface area contributed by atoms with E-state index in [9.17, 15) is 0 Å². The number of rotatable bonds is 4. The van der Waals surface area contributed by atoms with Gasteiger partial charge in [-0.3, -0.25) is 5.41 Å². The zero-order chi connectivity index (χ0) is 13.8. The zero-order valence-electron chi connectivity index (χ0n) is 12.0. The van der Waals surface area contributed by atoms with Crippen LogP contribution in [0, 0.1) is 5.41 Å². The molecule has 0 aliphatic carbocycles. The second-order valence-electron chi connectivity index (χ2n) is 4.67. The van der Waals surface area contributed by atoms with Gasteiger partial charge in [-0.2, -0.15) is 0 Å². The molecule has 0 radical (unpaired) electrons. The fourth-order valence-corrected chi connectivity index (χ4v) is 2.26. The van der Waals surface area contributed by atoms with Crippen LogP contribution in [0.5, 0.6) is 0 Å². The Morgan fingerprint density at radius 3 is 2.68 bits per heavy atom. The van der Waals surface area contributed by atoms with Crippen LogP contribution in [0.4, 0.5) is 5.82 Å². The Bertz CT molecular complexity index is 436. The number of hydrogen-bond donors (Lipinski definition) is 1. The van der Waals surface area contributed by atoms with E-state index in [0.29, 0.717) is 19.0 Å². The second-order valence-corrected chi connectivity index (χ2v) is 4.67. The molecule has 0 bridgehead atoms. The van der Waals surface area contributed by atoms with Crippen molar-refractivity contribution >= 4 is 11.7 Å². The van der Waals surface area contributed by atoms with E-state index in [1.807, 2.05) is 18.3 Å². The molecule has 2 heterocycles. The van der Waals surface area contributed by atoms with E-state index < -0.39 is 0 Å². The fraction of sp³-hybridized carbons (Fsp3) is 0.692. The normalized spacial score (nSPS) is 15.6. The molecule has 6 heteroatoms. The molecule has 0 saturated carbocycles. The smallest absolute Gasteiger partial charge is 0.151 e. The second kappa shape index (κ2) is 6.06. The van der Waals surface area contributed by atoms with Gasteiger partial charge in [-0.15, -0.1) is 0 Å². The van der Waals surface area contributed by atoms with E-state index in [0.717, 1.165) is 37.7 Å². The van der Waals surface area contributed by atoms with Crippen LogP contribution in [-0.4, -0.2) is 60.2 Å². The number of nitrogens with one attached hydrogen (secondary N) is 1. The van der Waals surface area contributed by atoms with E-state index in [2.05, 4.69) is 28.3 Å². The first kappa shape index (κ1) is 13.9. The van der Waals surface area contributed by atoms with Gasteiger partial charge in [-0.05, 0) is 13.8 Å². The molecule has 6 nitrogen and oxygen atoms in total. The number of imidazole rings is 1. The first-order valence-electron chi connectivity index (χ1n) is 6.86. The lowest BCUT2D eigenvalue weighted by molar-refractivity contribution is 0.0679. The Morgan fingerprint density at radius 2 is 2.11 bits per heavy atom. The van der Waals surface area contributed by atoms with Crippen molar-refractivity contribution in [1.82, 2.24) is 14.5 Å². The molecule has 1 fully saturated rings. The Kier molecular flexibility index (Phi) is 4.42. The predicted octanol–water partition coefficient (Wildman–Crippen LogP) is 1.02. The molecular weight excluding hydrogens is 242 g/mol. The van der Waals surface area contributed by atoms with Crippen LogP contribution in [0.3, 0.4) is 0 Å². The molecule has 2 rings (SSSR count). The summed E-state index contributed by atoms with van der Waals surface area (Å²) in [6, 6.07) is 0. The third-order valence-electron chi connectivity index (χ3n) is 3.54. The summed E-state index contributed by atoms with van der Waals surface area (Å²) in [5, 5.41) is 8.39. The number of amidine groups is 1. The van der Waals surface area contributed by atoms with E-state index in [4.69, 9.17) is 10.1 Å². The average Bonchev–Trinajstić information content (AvgIpc) is 2.90. The van der Waals surface area contributed by atoms with Crippen LogP contribution in [-0.2, 0) is 11.3 Å². The minimum Gasteiger partial charge on any atom is -0.378 e. The lowest BCUT2D eigenvalue weighted by Gasteiger charge is -2.29. The number of aromatic nitrogens is 2. The van der Waals surface area contributed by atoms with Crippen molar-refractivity contribution in [3.8, 4) is 0 Å². The van der Waals surface area contributed by atoms with Gasteiger partial charge in [0, 0.05) is 33.2 Å². The highest BCUT2D eigenvalue weighted by Gasteiger charge is 2.23. The quantitative estimate of drug-likeness (QED) is 0.652. The van der Waals surface area contributed by atoms with Crippen molar-refractivity contribution in [2.75, 3.05) is 44.8 Å². The van der Waals surface area contributed by atoms with Crippen molar-refractivity contribution in [2.24, 2.45) is 0 Å². The number of nitrogens with zero attached hydrogens (tertiary/aromatic N) is 4. The van der Waals surface area contributed by atoms with E-state index >= 15 is 0 Å². The Hall–Kier alpha value is -1.56. The minimum absolute atomic E-state index is 0.505. The Labute approximate surface area is 114 Å². The maximum Gasteiger partial charge on any atom is 0.151 e. The van der Waals surface area contributed by atoms with Crippen molar-refractivity contribution in [3.63, 3.8) is 0 Å². The first-order chi connectivity index (χ1) is 9.19. The Morgan fingerprint density at radius 1 is 1.42 bits per heavy atom. The first-order valence-corrected chi connectivity index (χ1v) is 6.86. The molecule has 0 atom stereocenters. The molecule has 0 aromatic carbocycles. The average molecular weight is 265 g/mol. The van der Waals surface area contributed by atoms with Gasteiger partial charge < -0.3 is 19.1 Å². The Balaban J connectivity index is 2.27. The van der Waals surface area contributed by atoms with Gasteiger partial charge in [-0.25, -0.2) is 4.98 Å². The van der Waals surface area contributed by atoms with E-state index in [-0.39, 0.29) is 0 Å². The molecule has 19 heavy (non-hydrogen) atoms. The molecule has 1 aliphatic heterocycles. The summed E-state index contributed by atoms with van der Waals surface area (Å²) in [5.74, 6) is 1.53. The predicted molar refractivity (Wildman–Crippen MR) is 76.1 cm³/mol. The lowest BCUT2D eigenvalue weighted by atomic mass is 10.3. The number of morpholine rings is 1. The maximum absolute atomic E-state index is 8.39. The van der Waals surface area contributed by atoms with Gasteiger partial charge in [0.2, 0.25) is 0 Å². The molecule has 1 N–H and O–H groups in total. The third-order valence-corrected chi connectivity index (χ3v) is 3.54. The highest BCUT2D eigenvalue weighted by molar-refractivity contribution is 5.99. The van der Waals surface area contributed by atoms with E-state index in [1.54, 1.807) is 0 Å². The van der Waals surface area contributed by atoms with Crippen molar-refractivity contribution in [3.05, 3.63) is 12.0 Å². The topological polar surface area (TPSA) is 57.4 Å². The van der Waals surface area contributed by atoms with Crippen LogP contribution in [0.2, 0.25) is 0 Å². The summed E-state index contributed by atoms with van der Waals surface area (Å²) in [6.45, 7) is 8.88. The number of aryl methyl sites for hydroxylation is 1. The molecule has 1 saturated heterocycles. The van der Waals surface area contributed by atoms with Gasteiger partial charge in [0.05, 0.1) is 19.5 Å². The highest BCUT2D eigenvalue weighted by atomic mass is 16.5.